The van der Waals surface area contributed by atoms with Gasteiger partial charge in [-0.1, -0.05) is 12.1 Å². The second-order valence-corrected chi connectivity index (χ2v) is 3.60. The molecule has 0 spiro atoms. The van der Waals surface area contributed by atoms with E-state index in [1.54, 1.807) is 0 Å². The maximum Gasteiger partial charge on any atom is 0.133 e. The quantitative estimate of drug-likeness (QED) is 0.733. The molecule has 0 atom stereocenters. The summed E-state index contributed by atoms with van der Waals surface area (Å²) in [4.78, 5) is 0. The highest BCUT2D eigenvalue weighted by Crippen LogP contribution is 2.31. The smallest absolute Gasteiger partial charge is 0.133 e. The molecule has 1 aliphatic carbocycles. The molecule has 0 N–H and O–H groups in total. The predicted octanol–water partition coefficient (Wildman–Crippen LogP) is 2.99. The lowest BCUT2D eigenvalue weighted by Crippen LogP contribution is -1.95. The minimum atomic E-state index is 0.480. The lowest BCUT2D eigenvalue weighted by molar-refractivity contribution is 0.301. The van der Waals surface area contributed by atoms with Crippen LogP contribution in [0.3, 0.4) is 0 Å². The Morgan fingerprint density at radius 1 is 1.27 bits per heavy atom. The molecule has 0 radical (unpaired) electrons. The highest BCUT2D eigenvalue weighted by Gasteiger charge is 2.23. The Bertz CT molecular complexity index is 255. The number of halogens is 1. The standard InChI is InChI=1S/C9H9BrO/c10-8-3-1-2-4-9(8)11-7-5-6-7/h1-4,7H,5-6H2. The van der Waals surface area contributed by atoms with Crippen LogP contribution in [0.15, 0.2) is 28.7 Å². The number of para-hydroxylation sites is 1. The van der Waals surface area contributed by atoms with E-state index >= 15 is 0 Å². The number of ether oxygens (including phenoxy) is 1. The molecule has 0 unspecified atom stereocenters. The first-order chi connectivity index (χ1) is 5.36. The third-order valence-corrected chi connectivity index (χ3v) is 2.31. The minimum absolute atomic E-state index is 0.480. The molecule has 1 fully saturated rings. The Labute approximate surface area is 74.5 Å². The molecule has 0 aliphatic heterocycles. The number of rotatable bonds is 2. The van der Waals surface area contributed by atoms with Gasteiger partial charge < -0.3 is 4.74 Å². The Hall–Kier alpha value is -0.500. The molecule has 1 aliphatic rings. The molecule has 58 valence electrons. The molecule has 1 nitrogen and oxygen atoms in total. The fourth-order valence-corrected chi connectivity index (χ4v) is 1.28. The van der Waals surface area contributed by atoms with Gasteiger partial charge in [0.15, 0.2) is 0 Å². The second-order valence-electron chi connectivity index (χ2n) is 2.75. The molecular weight excluding hydrogens is 204 g/mol. The summed E-state index contributed by atoms with van der Waals surface area (Å²) in [7, 11) is 0. The Balaban J connectivity index is 2.15. The summed E-state index contributed by atoms with van der Waals surface area (Å²) in [5, 5.41) is 0. The van der Waals surface area contributed by atoms with Crippen LogP contribution < -0.4 is 4.74 Å². The zero-order valence-corrected chi connectivity index (χ0v) is 7.67. The van der Waals surface area contributed by atoms with Gasteiger partial charge in [-0.05, 0) is 40.9 Å². The van der Waals surface area contributed by atoms with Gasteiger partial charge in [0.1, 0.15) is 5.75 Å². The van der Waals surface area contributed by atoms with Crippen molar-refractivity contribution in [2.75, 3.05) is 0 Å². The number of hydrogen-bond donors (Lipinski definition) is 0. The van der Waals surface area contributed by atoms with Crippen LogP contribution in [-0.2, 0) is 0 Å². The van der Waals surface area contributed by atoms with Crippen molar-refractivity contribution in [3.8, 4) is 5.75 Å². The first-order valence-corrected chi connectivity index (χ1v) is 4.57. The predicted molar refractivity (Wildman–Crippen MR) is 47.8 cm³/mol. The monoisotopic (exact) mass is 212 g/mol. The van der Waals surface area contributed by atoms with Crippen LogP contribution in [0.1, 0.15) is 12.8 Å². The van der Waals surface area contributed by atoms with E-state index in [0.29, 0.717) is 6.10 Å². The van der Waals surface area contributed by atoms with Crippen LogP contribution in [0.25, 0.3) is 0 Å². The van der Waals surface area contributed by atoms with Crippen molar-refractivity contribution in [1.29, 1.82) is 0 Å². The fourth-order valence-electron chi connectivity index (χ4n) is 0.906. The number of hydrogen-bond acceptors (Lipinski definition) is 1. The minimum Gasteiger partial charge on any atom is -0.489 e. The summed E-state index contributed by atoms with van der Waals surface area (Å²) < 4.78 is 6.66. The van der Waals surface area contributed by atoms with Crippen LogP contribution in [0.4, 0.5) is 0 Å². The molecule has 0 aromatic heterocycles. The first kappa shape index (κ1) is 7.17. The van der Waals surface area contributed by atoms with Crippen molar-refractivity contribution in [2.24, 2.45) is 0 Å². The van der Waals surface area contributed by atoms with Crippen LogP contribution in [0.2, 0.25) is 0 Å². The average molecular weight is 213 g/mol. The van der Waals surface area contributed by atoms with Gasteiger partial charge >= 0.3 is 0 Å². The van der Waals surface area contributed by atoms with Gasteiger partial charge in [0.05, 0.1) is 10.6 Å². The van der Waals surface area contributed by atoms with E-state index in [-0.39, 0.29) is 0 Å². The second kappa shape index (κ2) is 2.86. The fraction of sp³-hybridized carbons (Fsp3) is 0.333. The third kappa shape index (κ3) is 1.74. The summed E-state index contributed by atoms with van der Waals surface area (Å²) in [5.41, 5.74) is 0. The lowest BCUT2D eigenvalue weighted by Gasteiger charge is -2.04. The number of benzene rings is 1. The van der Waals surface area contributed by atoms with Gasteiger partial charge in [-0.3, -0.25) is 0 Å². The van der Waals surface area contributed by atoms with Gasteiger partial charge in [-0.25, -0.2) is 0 Å². The molecule has 0 bridgehead atoms. The van der Waals surface area contributed by atoms with E-state index < -0.39 is 0 Å². The molecule has 1 aromatic carbocycles. The van der Waals surface area contributed by atoms with Crippen LogP contribution >= 0.6 is 15.9 Å². The van der Waals surface area contributed by atoms with E-state index in [4.69, 9.17) is 4.74 Å². The molecule has 0 saturated heterocycles. The van der Waals surface area contributed by atoms with E-state index in [1.165, 1.54) is 12.8 Å². The maximum absolute atomic E-state index is 5.61. The zero-order valence-electron chi connectivity index (χ0n) is 6.09. The normalized spacial score (nSPS) is 16.5. The van der Waals surface area contributed by atoms with Crippen molar-refractivity contribution in [2.45, 2.75) is 18.9 Å². The Kier molecular flexibility index (Phi) is 1.86. The molecule has 2 rings (SSSR count). The Morgan fingerprint density at radius 3 is 2.64 bits per heavy atom. The van der Waals surface area contributed by atoms with Crippen molar-refractivity contribution in [1.82, 2.24) is 0 Å². The SMILES string of the molecule is Brc1ccccc1OC1CC1. The van der Waals surface area contributed by atoms with Crippen LogP contribution in [0, 0.1) is 0 Å². The van der Waals surface area contributed by atoms with E-state index in [9.17, 15) is 0 Å². The van der Waals surface area contributed by atoms with Gasteiger partial charge in [0, 0.05) is 0 Å². The van der Waals surface area contributed by atoms with Gasteiger partial charge in [-0.2, -0.15) is 0 Å². The van der Waals surface area contributed by atoms with E-state index in [0.717, 1.165) is 10.2 Å². The highest BCUT2D eigenvalue weighted by atomic mass is 79.9. The first-order valence-electron chi connectivity index (χ1n) is 3.77. The molecular formula is C9H9BrO. The summed E-state index contributed by atoms with van der Waals surface area (Å²) >= 11 is 3.43. The van der Waals surface area contributed by atoms with Crippen molar-refractivity contribution in [3.05, 3.63) is 28.7 Å². The van der Waals surface area contributed by atoms with Gasteiger partial charge in [0.2, 0.25) is 0 Å². The van der Waals surface area contributed by atoms with Gasteiger partial charge in [0.25, 0.3) is 0 Å². The highest BCUT2D eigenvalue weighted by molar-refractivity contribution is 9.10. The molecule has 0 amide bonds. The summed E-state index contributed by atoms with van der Waals surface area (Å²) in [6, 6.07) is 7.96. The van der Waals surface area contributed by atoms with E-state index in [1.807, 2.05) is 24.3 Å². The van der Waals surface area contributed by atoms with Gasteiger partial charge in [-0.15, -0.1) is 0 Å². The van der Waals surface area contributed by atoms with Crippen molar-refractivity contribution in [3.63, 3.8) is 0 Å². The molecule has 2 heteroatoms. The largest absolute Gasteiger partial charge is 0.489 e. The zero-order chi connectivity index (χ0) is 7.68. The van der Waals surface area contributed by atoms with Crippen molar-refractivity contribution >= 4 is 15.9 Å². The average Bonchev–Trinajstić information content (AvgIpc) is 2.78. The van der Waals surface area contributed by atoms with Crippen LogP contribution in [0.5, 0.6) is 5.75 Å². The third-order valence-electron chi connectivity index (χ3n) is 1.65. The maximum atomic E-state index is 5.61. The van der Waals surface area contributed by atoms with Crippen LogP contribution in [-0.4, -0.2) is 6.10 Å². The molecule has 1 aromatic rings. The summed E-state index contributed by atoms with van der Waals surface area (Å²) in [6.45, 7) is 0. The molecule has 11 heavy (non-hydrogen) atoms. The lowest BCUT2D eigenvalue weighted by atomic mass is 10.3. The molecule has 1 saturated carbocycles. The molecule has 0 heterocycles. The van der Waals surface area contributed by atoms with Crippen molar-refractivity contribution < 1.29 is 4.74 Å². The summed E-state index contributed by atoms with van der Waals surface area (Å²) in [6.07, 6.45) is 2.90. The summed E-state index contributed by atoms with van der Waals surface area (Å²) in [5.74, 6) is 0.968. The van der Waals surface area contributed by atoms with E-state index in [2.05, 4.69) is 15.9 Å². The Morgan fingerprint density at radius 2 is 2.00 bits per heavy atom. The topological polar surface area (TPSA) is 9.23 Å².